The van der Waals surface area contributed by atoms with Crippen LogP contribution in [0.2, 0.25) is 0 Å². The summed E-state index contributed by atoms with van der Waals surface area (Å²) in [6.45, 7) is 3.49. The fourth-order valence-corrected chi connectivity index (χ4v) is 5.59. The van der Waals surface area contributed by atoms with Gasteiger partial charge in [-0.05, 0) is 12.0 Å². The maximum Gasteiger partial charge on any atom is 0.341 e. The standard InChI is InChI=1S/C15H21O5P/c1-12(16)20-11-14(2)10-15(14,21(17,18-3)19-4)13-8-6-5-7-9-13/h5-9H,10-11H2,1-4H3/t14-,15-/m0/s1. The highest BCUT2D eigenvalue weighted by molar-refractivity contribution is 7.55. The molecule has 6 heteroatoms. The van der Waals surface area contributed by atoms with E-state index in [1.807, 2.05) is 37.3 Å². The molecule has 1 aromatic carbocycles. The van der Waals surface area contributed by atoms with Crippen LogP contribution in [0.15, 0.2) is 30.3 Å². The number of rotatable bonds is 6. The van der Waals surface area contributed by atoms with Crippen molar-refractivity contribution in [2.45, 2.75) is 25.4 Å². The minimum atomic E-state index is -3.37. The third-order valence-electron chi connectivity index (χ3n) is 4.31. The van der Waals surface area contributed by atoms with Crippen LogP contribution >= 0.6 is 7.60 Å². The van der Waals surface area contributed by atoms with Crippen molar-refractivity contribution < 1.29 is 23.1 Å². The molecule has 116 valence electrons. The van der Waals surface area contributed by atoms with Crippen LogP contribution in [0.1, 0.15) is 25.8 Å². The van der Waals surface area contributed by atoms with Gasteiger partial charge < -0.3 is 13.8 Å². The lowest BCUT2D eigenvalue weighted by atomic mass is 10.0. The predicted molar refractivity (Wildman–Crippen MR) is 79.1 cm³/mol. The molecule has 21 heavy (non-hydrogen) atoms. The third kappa shape index (κ3) is 2.44. The van der Waals surface area contributed by atoms with Gasteiger partial charge in [-0.1, -0.05) is 37.3 Å². The molecular weight excluding hydrogens is 291 g/mol. The van der Waals surface area contributed by atoms with Gasteiger partial charge in [-0.2, -0.15) is 0 Å². The number of ether oxygens (including phenoxy) is 1. The number of carbonyl (C=O) groups excluding carboxylic acids is 1. The first kappa shape index (κ1) is 16.2. The lowest BCUT2D eigenvalue weighted by molar-refractivity contribution is -0.142. The van der Waals surface area contributed by atoms with E-state index in [1.165, 1.54) is 21.1 Å². The minimum absolute atomic E-state index is 0.188. The van der Waals surface area contributed by atoms with Crippen LogP contribution < -0.4 is 0 Å². The first-order valence-corrected chi connectivity index (χ1v) is 8.30. The van der Waals surface area contributed by atoms with Crippen LogP contribution in [0, 0.1) is 5.41 Å². The van der Waals surface area contributed by atoms with Crippen LogP contribution in [0.25, 0.3) is 0 Å². The van der Waals surface area contributed by atoms with E-state index >= 15 is 0 Å². The van der Waals surface area contributed by atoms with Gasteiger partial charge in [-0.3, -0.25) is 9.36 Å². The van der Waals surface area contributed by atoms with E-state index in [0.717, 1.165) is 5.56 Å². The first-order valence-electron chi connectivity index (χ1n) is 6.76. The van der Waals surface area contributed by atoms with Crippen molar-refractivity contribution in [2.75, 3.05) is 20.8 Å². The zero-order chi connectivity index (χ0) is 15.7. The molecule has 0 aliphatic heterocycles. The van der Waals surface area contributed by atoms with Crippen LogP contribution in [0.3, 0.4) is 0 Å². The van der Waals surface area contributed by atoms with Gasteiger partial charge in [0.1, 0.15) is 5.16 Å². The van der Waals surface area contributed by atoms with Crippen molar-refractivity contribution in [3.63, 3.8) is 0 Å². The molecule has 2 rings (SSSR count). The summed E-state index contributed by atoms with van der Waals surface area (Å²) in [6.07, 6.45) is 0.580. The zero-order valence-electron chi connectivity index (χ0n) is 12.8. The van der Waals surface area contributed by atoms with Gasteiger partial charge >= 0.3 is 13.6 Å². The molecule has 5 nitrogen and oxygen atoms in total. The molecule has 0 saturated heterocycles. The van der Waals surface area contributed by atoms with Crippen LogP contribution in [-0.4, -0.2) is 26.8 Å². The Labute approximate surface area is 125 Å². The second-order valence-corrected chi connectivity index (χ2v) is 8.10. The van der Waals surface area contributed by atoms with Crippen molar-refractivity contribution in [3.8, 4) is 0 Å². The molecule has 1 fully saturated rings. The number of carbonyl (C=O) groups is 1. The van der Waals surface area contributed by atoms with Gasteiger partial charge in [-0.15, -0.1) is 0 Å². The maximum absolute atomic E-state index is 13.1. The van der Waals surface area contributed by atoms with E-state index in [2.05, 4.69) is 0 Å². The van der Waals surface area contributed by atoms with Crippen molar-refractivity contribution in [1.29, 1.82) is 0 Å². The van der Waals surface area contributed by atoms with E-state index in [1.54, 1.807) is 0 Å². The summed E-state index contributed by atoms with van der Waals surface area (Å²) >= 11 is 0. The Balaban J connectivity index is 2.45. The van der Waals surface area contributed by atoms with Gasteiger partial charge in [-0.25, -0.2) is 0 Å². The van der Waals surface area contributed by atoms with Crippen molar-refractivity contribution in [1.82, 2.24) is 0 Å². The number of hydrogen-bond donors (Lipinski definition) is 0. The lowest BCUT2D eigenvalue weighted by Crippen LogP contribution is -2.23. The zero-order valence-corrected chi connectivity index (χ0v) is 13.7. The Morgan fingerprint density at radius 2 is 1.81 bits per heavy atom. The molecule has 0 spiro atoms. The van der Waals surface area contributed by atoms with E-state index in [0.29, 0.717) is 6.42 Å². The molecule has 1 aliphatic rings. The smallest absolute Gasteiger partial charge is 0.341 e. The predicted octanol–water partition coefficient (Wildman–Crippen LogP) is 3.34. The Morgan fingerprint density at radius 1 is 1.24 bits per heavy atom. The van der Waals surface area contributed by atoms with Gasteiger partial charge in [0.15, 0.2) is 0 Å². The van der Waals surface area contributed by atoms with Crippen LogP contribution in [-0.2, 0) is 28.3 Å². The van der Waals surface area contributed by atoms with Gasteiger partial charge in [0.05, 0.1) is 6.61 Å². The molecule has 0 aromatic heterocycles. The van der Waals surface area contributed by atoms with Gasteiger partial charge in [0, 0.05) is 26.6 Å². The quantitative estimate of drug-likeness (QED) is 0.595. The lowest BCUT2D eigenvalue weighted by Gasteiger charge is -2.29. The Bertz CT molecular complexity index is 565. The summed E-state index contributed by atoms with van der Waals surface area (Å²) in [4.78, 5) is 11.1. The summed E-state index contributed by atoms with van der Waals surface area (Å²) in [6, 6.07) is 9.48. The maximum atomic E-state index is 13.1. The van der Waals surface area contributed by atoms with Crippen LogP contribution in [0.5, 0.6) is 0 Å². The van der Waals surface area contributed by atoms with E-state index in [9.17, 15) is 9.36 Å². The fraction of sp³-hybridized carbons (Fsp3) is 0.533. The number of hydrogen-bond acceptors (Lipinski definition) is 5. The summed E-state index contributed by atoms with van der Waals surface area (Å²) < 4.78 is 28.8. The largest absolute Gasteiger partial charge is 0.465 e. The normalized spacial score (nSPS) is 28.2. The van der Waals surface area contributed by atoms with Gasteiger partial charge in [0.2, 0.25) is 0 Å². The average Bonchev–Trinajstić information content (AvgIpc) is 3.14. The molecule has 1 aromatic rings. The molecule has 0 amide bonds. The fourth-order valence-electron chi connectivity index (χ4n) is 3.09. The SMILES string of the molecule is COP(=O)(OC)[C@]1(c2ccccc2)C[C@@]1(C)COC(C)=O. The highest BCUT2D eigenvalue weighted by Gasteiger charge is 2.76. The van der Waals surface area contributed by atoms with E-state index < -0.39 is 18.2 Å². The van der Waals surface area contributed by atoms with Crippen LogP contribution in [0.4, 0.5) is 0 Å². The highest BCUT2D eigenvalue weighted by atomic mass is 31.2. The van der Waals surface area contributed by atoms with E-state index in [-0.39, 0.29) is 12.6 Å². The number of esters is 1. The third-order valence-corrected chi connectivity index (χ3v) is 7.17. The molecule has 0 radical (unpaired) electrons. The summed E-state index contributed by atoms with van der Waals surface area (Å²) in [5.74, 6) is -0.352. The minimum Gasteiger partial charge on any atom is -0.465 e. The van der Waals surface area contributed by atoms with Crippen molar-refractivity contribution in [2.24, 2.45) is 5.41 Å². The number of benzene rings is 1. The first-order chi connectivity index (χ1) is 9.85. The van der Waals surface area contributed by atoms with E-state index in [4.69, 9.17) is 13.8 Å². The molecule has 2 atom stereocenters. The second-order valence-electron chi connectivity index (χ2n) is 5.61. The molecule has 0 bridgehead atoms. The summed E-state index contributed by atoms with van der Waals surface area (Å²) in [5.41, 5.74) is 0.411. The molecular formula is C15H21O5P. The van der Waals surface area contributed by atoms with Crippen molar-refractivity contribution in [3.05, 3.63) is 35.9 Å². The monoisotopic (exact) mass is 312 g/mol. The molecule has 1 saturated carbocycles. The molecule has 0 N–H and O–H groups in total. The Hall–Kier alpha value is -1.16. The highest BCUT2D eigenvalue weighted by Crippen LogP contribution is 2.84. The molecule has 0 unspecified atom stereocenters. The van der Waals surface area contributed by atoms with Gasteiger partial charge in [0.25, 0.3) is 0 Å². The second kappa shape index (κ2) is 5.56. The Kier molecular flexibility index (Phi) is 4.29. The molecule has 0 heterocycles. The summed E-state index contributed by atoms with van der Waals surface area (Å²) in [5, 5.41) is -0.778. The average molecular weight is 312 g/mol. The van der Waals surface area contributed by atoms with Crippen molar-refractivity contribution >= 4 is 13.6 Å². The molecule has 1 aliphatic carbocycles. The summed E-state index contributed by atoms with van der Waals surface area (Å²) in [7, 11) is -0.591. The Morgan fingerprint density at radius 3 is 2.29 bits per heavy atom. The topological polar surface area (TPSA) is 61.8 Å².